The highest BCUT2D eigenvalue weighted by atomic mass is 16.4. The minimum absolute atomic E-state index is 0.0894. The zero-order valence-electron chi connectivity index (χ0n) is 10.6. The van der Waals surface area contributed by atoms with Gasteiger partial charge in [0, 0.05) is 0 Å². The summed E-state index contributed by atoms with van der Waals surface area (Å²) in [7, 11) is 0. The Labute approximate surface area is 96.7 Å². The Hall–Kier alpha value is -1.32. The number of nitrogens with one attached hydrogen (secondary N) is 1. The molecule has 0 heterocycles. The van der Waals surface area contributed by atoms with Gasteiger partial charge in [-0.3, -0.25) is 4.79 Å². The number of hydrogen-bond acceptors (Lipinski definition) is 2. The Morgan fingerprint density at radius 3 is 2.06 bits per heavy atom. The molecule has 0 bridgehead atoms. The predicted octanol–water partition coefficient (Wildman–Crippen LogP) is 1.81. The van der Waals surface area contributed by atoms with Crippen LogP contribution in [0.15, 0.2) is 12.2 Å². The molecule has 0 aromatic heterocycles. The van der Waals surface area contributed by atoms with Crippen LogP contribution in [0.3, 0.4) is 0 Å². The highest BCUT2D eigenvalue weighted by molar-refractivity contribution is 5.91. The van der Waals surface area contributed by atoms with Crippen molar-refractivity contribution < 1.29 is 14.7 Å². The quantitative estimate of drug-likeness (QED) is 0.720. The van der Waals surface area contributed by atoms with Gasteiger partial charge in [-0.1, -0.05) is 40.7 Å². The van der Waals surface area contributed by atoms with Crippen molar-refractivity contribution in [2.24, 2.45) is 11.3 Å². The van der Waals surface area contributed by atoms with E-state index in [4.69, 9.17) is 5.11 Å². The zero-order chi connectivity index (χ0) is 12.9. The van der Waals surface area contributed by atoms with Crippen molar-refractivity contribution in [2.75, 3.05) is 0 Å². The molecular formula is C12H21NO3. The van der Waals surface area contributed by atoms with E-state index < -0.39 is 12.0 Å². The van der Waals surface area contributed by atoms with Crippen LogP contribution >= 0.6 is 0 Å². The first kappa shape index (κ1) is 14.7. The highest BCUT2D eigenvalue weighted by Gasteiger charge is 2.22. The average molecular weight is 227 g/mol. The molecule has 1 unspecified atom stereocenters. The first-order valence-electron chi connectivity index (χ1n) is 5.36. The summed E-state index contributed by atoms with van der Waals surface area (Å²) in [6, 6.07) is -0.836. The maximum absolute atomic E-state index is 11.4. The molecule has 0 radical (unpaired) electrons. The van der Waals surface area contributed by atoms with Gasteiger partial charge in [-0.25, -0.2) is 4.79 Å². The third-order valence-electron chi connectivity index (χ3n) is 1.97. The smallest absolute Gasteiger partial charge is 0.326 e. The molecule has 0 aromatic rings. The molecule has 16 heavy (non-hydrogen) atoms. The second-order valence-electron chi connectivity index (χ2n) is 5.27. The van der Waals surface area contributed by atoms with Crippen LogP contribution in [0.25, 0.3) is 0 Å². The van der Waals surface area contributed by atoms with Crippen molar-refractivity contribution in [1.29, 1.82) is 0 Å². The largest absolute Gasteiger partial charge is 0.480 e. The summed E-state index contributed by atoms with van der Waals surface area (Å²) in [5.41, 5.74) is -0.0894. The Morgan fingerprint density at radius 1 is 1.25 bits per heavy atom. The fourth-order valence-electron chi connectivity index (χ4n) is 1.04. The van der Waals surface area contributed by atoms with Crippen LogP contribution < -0.4 is 5.32 Å². The predicted molar refractivity (Wildman–Crippen MR) is 63.0 cm³/mol. The van der Waals surface area contributed by atoms with Crippen LogP contribution in [0.5, 0.6) is 0 Å². The number of carbonyl (C=O) groups excluding carboxylic acids is 1. The molecule has 0 aliphatic heterocycles. The minimum Gasteiger partial charge on any atom is -0.480 e. The summed E-state index contributed by atoms with van der Waals surface area (Å²) in [5, 5.41) is 11.3. The Morgan fingerprint density at radius 2 is 1.75 bits per heavy atom. The van der Waals surface area contributed by atoms with Crippen LogP contribution in [0.2, 0.25) is 0 Å². The lowest BCUT2D eigenvalue weighted by Crippen LogP contribution is -2.43. The van der Waals surface area contributed by atoms with Gasteiger partial charge < -0.3 is 10.4 Å². The van der Waals surface area contributed by atoms with Gasteiger partial charge in [-0.05, 0) is 17.4 Å². The van der Waals surface area contributed by atoms with Crippen LogP contribution in [0.4, 0.5) is 0 Å². The molecule has 0 aliphatic carbocycles. The maximum atomic E-state index is 11.4. The fourth-order valence-corrected chi connectivity index (χ4v) is 1.04. The van der Waals surface area contributed by atoms with Gasteiger partial charge in [-0.15, -0.1) is 0 Å². The van der Waals surface area contributed by atoms with Crippen molar-refractivity contribution in [3.8, 4) is 0 Å². The maximum Gasteiger partial charge on any atom is 0.326 e. The monoisotopic (exact) mass is 227 g/mol. The average Bonchev–Trinajstić information content (AvgIpc) is 2.08. The van der Waals surface area contributed by atoms with E-state index in [2.05, 4.69) is 5.32 Å². The Balaban J connectivity index is 4.44. The number of hydrogen-bond donors (Lipinski definition) is 2. The highest BCUT2D eigenvalue weighted by Crippen LogP contribution is 2.14. The van der Waals surface area contributed by atoms with Crippen molar-refractivity contribution in [1.82, 2.24) is 5.32 Å². The van der Waals surface area contributed by atoms with Crippen molar-refractivity contribution >= 4 is 11.9 Å². The van der Waals surface area contributed by atoms with Crippen molar-refractivity contribution in [3.05, 3.63) is 12.2 Å². The SMILES string of the molecule is CC(C)C(NC(=O)/C=C/C(C)(C)C)C(=O)O. The summed E-state index contributed by atoms with van der Waals surface area (Å²) in [6.07, 6.45) is 3.14. The van der Waals surface area contributed by atoms with E-state index in [1.54, 1.807) is 19.9 Å². The molecule has 4 nitrogen and oxygen atoms in total. The van der Waals surface area contributed by atoms with Crippen molar-refractivity contribution in [3.63, 3.8) is 0 Å². The molecule has 0 fully saturated rings. The lowest BCUT2D eigenvalue weighted by molar-refractivity contribution is -0.142. The first-order valence-corrected chi connectivity index (χ1v) is 5.36. The summed E-state index contributed by atoms with van der Waals surface area (Å²) >= 11 is 0. The summed E-state index contributed by atoms with van der Waals surface area (Å²) in [5.74, 6) is -1.51. The number of carboxylic acids is 1. The van der Waals surface area contributed by atoms with E-state index in [-0.39, 0.29) is 17.2 Å². The van der Waals surface area contributed by atoms with E-state index in [1.807, 2.05) is 20.8 Å². The van der Waals surface area contributed by atoms with Crippen LogP contribution in [-0.2, 0) is 9.59 Å². The Bertz CT molecular complexity index is 287. The minimum atomic E-state index is -1.01. The molecule has 0 spiro atoms. The van der Waals surface area contributed by atoms with Gasteiger partial charge in [0.2, 0.25) is 5.91 Å². The number of amides is 1. The van der Waals surface area contributed by atoms with Crippen molar-refractivity contribution in [2.45, 2.75) is 40.7 Å². The molecule has 92 valence electrons. The van der Waals surface area contributed by atoms with Crippen LogP contribution in [0.1, 0.15) is 34.6 Å². The molecule has 0 rings (SSSR count). The molecular weight excluding hydrogens is 206 g/mol. The molecule has 0 saturated carbocycles. The number of carbonyl (C=O) groups is 2. The standard InChI is InChI=1S/C12H21NO3/c1-8(2)10(11(15)16)13-9(14)6-7-12(3,4)5/h6-8,10H,1-5H3,(H,13,14)(H,15,16)/b7-6+. The molecule has 0 saturated heterocycles. The fraction of sp³-hybridized carbons (Fsp3) is 0.667. The lowest BCUT2D eigenvalue weighted by atomic mass is 9.96. The van der Waals surface area contributed by atoms with Crippen LogP contribution in [0, 0.1) is 11.3 Å². The molecule has 4 heteroatoms. The number of carboxylic acid groups (broad SMARTS) is 1. The normalized spacial score (nSPS) is 14.1. The Kier molecular flexibility index (Phi) is 5.21. The van der Waals surface area contributed by atoms with Gasteiger partial charge in [0.1, 0.15) is 6.04 Å². The van der Waals surface area contributed by atoms with E-state index in [0.29, 0.717) is 0 Å². The number of aliphatic carboxylic acids is 1. The topological polar surface area (TPSA) is 66.4 Å². The molecule has 1 atom stereocenters. The first-order chi connectivity index (χ1) is 7.13. The molecule has 2 N–H and O–H groups in total. The summed E-state index contributed by atoms with van der Waals surface area (Å²) in [6.45, 7) is 9.41. The summed E-state index contributed by atoms with van der Waals surface area (Å²) < 4.78 is 0. The zero-order valence-corrected chi connectivity index (χ0v) is 10.6. The molecule has 0 aliphatic rings. The van der Waals surface area contributed by atoms with Gasteiger partial charge in [0.05, 0.1) is 0 Å². The summed E-state index contributed by atoms with van der Waals surface area (Å²) in [4.78, 5) is 22.3. The molecule has 1 amide bonds. The molecule has 0 aromatic carbocycles. The van der Waals surface area contributed by atoms with E-state index in [1.165, 1.54) is 6.08 Å². The van der Waals surface area contributed by atoms with E-state index >= 15 is 0 Å². The third-order valence-corrected chi connectivity index (χ3v) is 1.97. The van der Waals surface area contributed by atoms with Gasteiger partial charge in [0.25, 0.3) is 0 Å². The van der Waals surface area contributed by atoms with Gasteiger partial charge in [-0.2, -0.15) is 0 Å². The lowest BCUT2D eigenvalue weighted by Gasteiger charge is -2.17. The second-order valence-corrected chi connectivity index (χ2v) is 5.27. The van der Waals surface area contributed by atoms with E-state index in [9.17, 15) is 9.59 Å². The third kappa shape index (κ3) is 6.22. The van der Waals surface area contributed by atoms with Crippen LogP contribution in [-0.4, -0.2) is 23.0 Å². The number of allylic oxidation sites excluding steroid dienone is 1. The number of rotatable bonds is 4. The van der Waals surface area contributed by atoms with E-state index in [0.717, 1.165) is 0 Å². The second kappa shape index (κ2) is 5.68. The van der Waals surface area contributed by atoms with Gasteiger partial charge in [0.15, 0.2) is 0 Å². The van der Waals surface area contributed by atoms with Gasteiger partial charge >= 0.3 is 5.97 Å².